The Morgan fingerprint density at radius 2 is 2.12 bits per heavy atom. The lowest BCUT2D eigenvalue weighted by molar-refractivity contribution is 0.472. The summed E-state index contributed by atoms with van der Waals surface area (Å²) in [5.41, 5.74) is 1.97. The zero-order chi connectivity index (χ0) is 11.4. The SMILES string of the molecule is Oc1ccc(CNc2cccc(I)c2)nc1. The quantitative estimate of drug-likeness (QED) is 0.853. The Balaban J connectivity index is 1.99. The summed E-state index contributed by atoms with van der Waals surface area (Å²) in [6.07, 6.45) is 1.45. The third kappa shape index (κ3) is 3.10. The number of rotatable bonds is 3. The van der Waals surface area contributed by atoms with Gasteiger partial charge < -0.3 is 10.4 Å². The monoisotopic (exact) mass is 326 g/mol. The van der Waals surface area contributed by atoms with Gasteiger partial charge in [-0.05, 0) is 52.9 Å². The number of aromatic hydroxyl groups is 1. The lowest BCUT2D eigenvalue weighted by Crippen LogP contribution is -2.01. The summed E-state index contributed by atoms with van der Waals surface area (Å²) in [7, 11) is 0. The lowest BCUT2D eigenvalue weighted by Gasteiger charge is -2.06. The summed E-state index contributed by atoms with van der Waals surface area (Å²) in [5, 5.41) is 12.4. The number of hydrogen-bond donors (Lipinski definition) is 2. The molecule has 0 saturated carbocycles. The molecule has 2 N–H and O–H groups in total. The van der Waals surface area contributed by atoms with E-state index < -0.39 is 0 Å². The molecule has 0 aliphatic rings. The summed E-state index contributed by atoms with van der Waals surface area (Å²) in [6.45, 7) is 0.653. The van der Waals surface area contributed by atoms with Crippen LogP contribution in [0.5, 0.6) is 5.75 Å². The molecule has 1 aromatic heterocycles. The van der Waals surface area contributed by atoms with Crippen LogP contribution in [0.2, 0.25) is 0 Å². The van der Waals surface area contributed by atoms with Gasteiger partial charge in [0.05, 0.1) is 18.4 Å². The lowest BCUT2D eigenvalue weighted by atomic mass is 10.3. The van der Waals surface area contributed by atoms with Gasteiger partial charge in [0.1, 0.15) is 5.75 Å². The topological polar surface area (TPSA) is 45.1 Å². The number of aromatic nitrogens is 1. The second kappa shape index (κ2) is 5.16. The van der Waals surface area contributed by atoms with E-state index in [4.69, 9.17) is 5.11 Å². The normalized spacial score (nSPS) is 10.1. The van der Waals surface area contributed by atoms with Gasteiger partial charge in [0.2, 0.25) is 0 Å². The van der Waals surface area contributed by atoms with Gasteiger partial charge in [-0.3, -0.25) is 4.98 Å². The van der Waals surface area contributed by atoms with Crippen LogP contribution in [0.25, 0.3) is 0 Å². The van der Waals surface area contributed by atoms with Crippen molar-refractivity contribution in [1.29, 1.82) is 0 Å². The second-order valence-corrected chi connectivity index (χ2v) is 4.62. The van der Waals surface area contributed by atoms with Crippen LogP contribution in [0.3, 0.4) is 0 Å². The summed E-state index contributed by atoms with van der Waals surface area (Å²) >= 11 is 2.28. The Morgan fingerprint density at radius 3 is 2.81 bits per heavy atom. The minimum atomic E-state index is 0.193. The molecule has 0 bridgehead atoms. The molecule has 0 fully saturated rings. The van der Waals surface area contributed by atoms with Crippen molar-refractivity contribution in [3.8, 4) is 5.75 Å². The van der Waals surface area contributed by atoms with Gasteiger partial charge in [0.15, 0.2) is 0 Å². The van der Waals surface area contributed by atoms with Crippen LogP contribution in [0.1, 0.15) is 5.69 Å². The fourth-order valence-electron chi connectivity index (χ4n) is 1.31. The first-order valence-electron chi connectivity index (χ1n) is 4.87. The van der Waals surface area contributed by atoms with Crippen molar-refractivity contribution in [2.24, 2.45) is 0 Å². The molecular weight excluding hydrogens is 315 g/mol. The van der Waals surface area contributed by atoms with Crippen LogP contribution in [0.15, 0.2) is 42.6 Å². The number of anilines is 1. The zero-order valence-corrected chi connectivity index (χ0v) is 10.7. The average molecular weight is 326 g/mol. The van der Waals surface area contributed by atoms with Gasteiger partial charge >= 0.3 is 0 Å². The van der Waals surface area contributed by atoms with E-state index >= 15 is 0 Å². The number of benzene rings is 1. The number of halogens is 1. The molecule has 2 aromatic rings. The van der Waals surface area contributed by atoms with Crippen LogP contribution in [-0.4, -0.2) is 10.1 Å². The van der Waals surface area contributed by atoms with Crippen molar-refractivity contribution in [1.82, 2.24) is 4.98 Å². The first-order chi connectivity index (χ1) is 7.74. The van der Waals surface area contributed by atoms with Gasteiger partial charge in [-0.15, -0.1) is 0 Å². The molecule has 4 heteroatoms. The van der Waals surface area contributed by atoms with Crippen molar-refractivity contribution >= 4 is 28.3 Å². The number of hydrogen-bond acceptors (Lipinski definition) is 3. The molecule has 0 unspecified atom stereocenters. The number of nitrogens with one attached hydrogen (secondary N) is 1. The standard InChI is InChI=1S/C12H11IN2O/c13-9-2-1-3-10(6-9)14-7-11-4-5-12(16)8-15-11/h1-6,8,14,16H,7H2. The maximum Gasteiger partial charge on any atom is 0.133 e. The molecule has 2 rings (SSSR count). The predicted molar refractivity (Wildman–Crippen MR) is 72.4 cm³/mol. The summed E-state index contributed by atoms with van der Waals surface area (Å²) in [4.78, 5) is 4.10. The van der Waals surface area contributed by atoms with E-state index in [1.54, 1.807) is 12.1 Å². The Bertz CT molecular complexity index is 471. The maximum atomic E-state index is 9.09. The molecule has 0 aliphatic heterocycles. The summed E-state index contributed by atoms with van der Waals surface area (Å²) < 4.78 is 1.20. The highest BCUT2D eigenvalue weighted by Crippen LogP contribution is 2.13. The molecular formula is C12H11IN2O. The first kappa shape index (κ1) is 11.2. The van der Waals surface area contributed by atoms with E-state index in [1.165, 1.54) is 9.77 Å². The van der Waals surface area contributed by atoms with Gasteiger partial charge in [-0.25, -0.2) is 0 Å². The molecule has 0 aliphatic carbocycles. The third-order valence-electron chi connectivity index (χ3n) is 2.11. The van der Waals surface area contributed by atoms with Gasteiger partial charge in [0.25, 0.3) is 0 Å². The summed E-state index contributed by atoms with van der Waals surface area (Å²) in [5.74, 6) is 0.193. The van der Waals surface area contributed by atoms with Gasteiger partial charge in [-0.2, -0.15) is 0 Å². The second-order valence-electron chi connectivity index (χ2n) is 3.37. The number of nitrogens with zero attached hydrogens (tertiary/aromatic N) is 1. The molecule has 0 atom stereocenters. The van der Waals surface area contributed by atoms with E-state index in [0.717, 1.165) is 11.4 Å². The highest BCUT2D eigenvalue weighted by molar-refractivity contribution is 14.1. The zero-order valence-electron chi connectivity index (χ0n) is 8.52. The van der Waals surface area contributed by atoms with Crippen molar-refractivity contribution in [2.45, 2.75) is 6.54 Å². The highest BCUT2D eigenvalue weighted by atomic mass is 127. The molecule has 0 spiro atoms. The van der Waals surface area contributed by atoms with Crippen molar-refractivity contribution in [2.75, 3.05) is 5.32 Å². The van der Waals surface area contributed by atoms with Crippen LogP contribution >= 0.6 is 22.6 Å². The van der Waals surface area contributed by atoms with Crippen LogP contribution in [-0.2, 0) is 6.54 Å². The molecule has 16 heavy (non-hydrogen) atoms. The fourth-order valence-corrected chi connectivity index (χ4v) is 1.86. The van der Waals surface area contributed by atoms with Crippen molar-refractivity contribution in [3.63, 3.8) is 0 Å². The Hall–Kier alpha value is -1.30. The minimum absolute atomic E-state index is 0.193. The molecule has 0 amide bonds. The van der Waals surface area contributed by atoms with Crippen molar-refractivity contribution < 1.29 is 5.11 Å². The Labute approximate surface area is 108 Å². The molecule has 3 nitrogen and oxygen atoms in total. The predicted octanol–water partition coefficient (Wildman–Crippen LogP) is 3.00. The smallest absolute Gasteiger partial charge is 0.133 e. The molecule has 1 heterocycles. The average Bonchev–Trinajstić information content (AvgIpc) is 2.28. The highest BCUT2D eigenvalue weighted by Gasteiger charge is 1.96. The minimum Gasteiger partial charge on any atom is -0.506 e. The first-order valence-corrected chi connectivity index (χ1v) is 5.95. The van der Waals surface area contributed by atoms with Crippen LogP contribution in [0.4, 0.5) is 5.69 Å². The molecule has 82 valence electrons. The van der Waals surface area contributed by atoms with E-state index in [1.807, 2.05) is 18.2 Å². The van der Waals surface area contributed by atoms with Crippen LogP contribution in [0, 0.1) is 3.57 Å². The third-order valence-corrected chi connectivity index (χ3v) is 2.78. The van der Waals surface area contributed by atoms with E-state index in [0.29, 0.717) is 6.54 Å². The molecule has 1 aromatic carbocycles. The van der Waals surface area contributed by atoms with E-state index in [9.17, 15) is 0 Å². The van der Waals surface area contributed by atoms with E-state index in [2.05, 4.69) is 39.0 Å². The largest absolute Gasteiger partial charge is 0.506 e. The fraction of sp³-hybridized carbons (Fsp3) is 0.0833. The molecule has 0 radical (unpaired) electrons. The van der Waals surface area contributed by atoms with Gasteiger partial charge in [0, 0.05) is 9.26 Å². The summed E-state index contributed by atoms with van der Waals surface area (Å²) in [6, 6.07) is 11.6. The van der Waals surface area contributed by atoms with E-state index in [-0.39, 0.29) is 5.75 Å². The Kier molecular flexibility index (Phi) is 3.61. The van der Waals surface area contributed by atoms with Gasteiger partial charge in [-0.1, -0.05) is 6.07 Å². The van der Waals surface area contributed by atoms with Crippen molar-refractivity contribution in [3.05, 3.63) is 51.9 Å². The maximum absolute atomic E-state index is 9.09. The number of pyridine rings is 1. The molecule has 0 saturated heterocycles. The van der Waals surface area contributed by atoms with Crippen LogP contribution < -0.4 is 5.32 Å². The Morgan fingerprint density at radius 1 is 1.25 bits per heavy atom.